The van der Waals surface area contributed by atoms with Crippen LogP contribution in [0.2, 0.25) is 0 Å². The molecule has 1 aromatic heterocycles. The Morgan fingerprint density at radius 3 is 2.59 bits per heavy atom. The molecule has 7 heteroatoms. The van der Waals surface area contributed by atoms with Gasteiger partial charge < -0.3 is 19.1 Å². The van der Waals surface area contributed by atoms with Crippen molar-refractivity contribution < 1.29 is 14.3 Å². The van der Waals surface area contributed by atoms with Crippen molar-refractivity contribution in [3.8, 4) is 5.75 Å². The summed E-state index contributed by atoms with van der Waals surface area (Å²) in [5.41, 5.74) is 2.54. The topological polar surface area (TPSA) is 67.7 Å². The zero-order valence-electron chi connectivity index (χ0n) is 18.4. The number of aromatic nitrogens is 2. The van der Waals surface area contributed by atoms with Crippen LogP contribution in [-0.2, 0) is 22.6 Å². The average molecular weight is 433 g/mol. The second kappa shape index (κ2) is 8.65. The van der Waals surface area contributed by atoms with Crippen LogP contribution in [-0.4, -0.2) is 52.0 Å². The van der Waals surface area contributed by atoms with Crippen LogP contribution in [0, 0.1) is 0 Å². The fourth-order valence-electron chi connectivity index (χ4n) is 4.71. The maximum atomic E-state index is 13.6. The number of aryl methyl sites for hydroxylation is 1. The molecule has 3 heterocycles. The van der Waals surface area contributed by atoms with Crippen molar-refractivity contribution in [3.05, 3.63) is 54.4 Å². The molecule has 1 fully saturated rings. The lowest BCUT2D eigenvalue weighted by molar-refractivity contribution is -0.139. The number of hydrogen-bond donors (Lipinski definition) is 0. The Kier molecular flexibility index (Phi) is 5.55. The monoisotopic (exact) mass is 432 g/mol. The van der Waals surface area contributed by atoms with Gasteiger partial charge in [-0.25, -0.2) is 4.98 Å². The highest BCUT2D eigenvalue weighted by atomic mass is 16.5. The largest absolute Gasteiger partial charge is 0.476 e. The highest BCUT2D eigenvalue weighted by Crippen LogP contribution is 2.34. The van der Waals surface area contributed by atoms with Crippen molar-refractivity contribution in [2.75, 3.05) is 24.5 Å². The van der Waals surface area contributed by atoms with E-state index in [-0.39, 0.29) is 24.9 Å². The van der Waals surface area contributed by atoms with E-state index >= 15 is 0 Å². The maximum absolute atomic E-state index is 13.6. The van der Waals surface area contributed by atoms with E-state index in [0.717, 1.165) is 55.6 Å². The Bertz CT molecular complexity index is 1150. The first-order valence-electron chi connectivity index (χ1n) is 11.4. The number of likely N-dealkylation sites (tertiary alicyclic amines) is 1. The molecular formula is C25H28N4O3. The molecule has 0 aliphatic carbocycles. The predicted molar refractivity (Wildman–Crippen MR) is 123 cm³/mol. The van der Waals surface area contributed by atoms with E-state index in [0.29, 0.717) is 11.4 Å². The smallest absolute Gasteiger partial charge is 0.265 e. The van der Waals surface area contributed by atoms with Gasteiger partial charge in [-0.1, -0.05) is 31.2 Å². The summed E-state index contributed by atoms with van der Waals surface area (Å²) in [6.45, 7) is 3.95. The van der Waals surface area contributed by atoms with Gasteiger partial charge in [-0.2, -0.15) is 0 Å². The summed E-state index contributed by atoms with van der Waals surface area (Å²) in [6, 6.07) is 15.3. The molecule has 7 nitrogen and oxygen atoms in total. The quantitative estimate of drug-likeness (QED) is 0.634. The number of fused-ring (bicyclic) bond motifs is 2. The molecule has 2 aliphatic heterocycles. The molecule has 0 bridgehead atoms. The fraction of sp³-hybridized carbons (Fsp3) is 0.400. The first-order chi connectivity index (χ1) is 15.7. The first-order valence-corrected chi connectivity index (χ1v) is 11.4. The number of ether oxygens (including phenoxy) is 1. The Balaban J connectivity index is 1.44. The number of carbonyl (C=O) groups excluding carboxylic acids is 2. The summed E-state index contributed by atoms with van der Waals surface area (Å²) in [6.07, 6.45) is 3.24. The van der Waals surface area contributed by atoms with Gasteiger partial charge in [0.05, 0.1) is 23.3 Å². The van der Waals surface area contributed by atoms with Crippen LogP contribution in [0.5, 0.6) is 5.75 Å². The molecule has 3 aromatic rings. The summed E-state index contributed by atoms with van der Waals surface area (Å²) in [5, 5.41) is 0. The van der Waals surface area contributed by atoms with E-state index in [4.69, 9.17) is 4.74 Å². The second-order valence-electron chi connectivity index (χ2n) is 8.42. The van der Waals surface area contributed by atoms with Crippen LogP contribution < -0.4 is 9.64 Å². The van der Waals surface area contributed by atoms with E-state index in [1.165, 1.54) is 0 Å². The van der Waals surface area contributed by atoms with Gasteiger partial charge >= 0.3 is 0 Å². The zero-order valence-corrected chi connectivity index (χ0v) is 18.4. The van der Waals surface area contributed by atoms with Gasteiger partial charge in [0.2, 0.25) is 5.91 Å². The van der Waals surface area contributed by atoms with Gasteiger partial charge in [-0.15, -0.1) is 0 Å². The summed E-state index contributed by atoms with van der Waals surface area (Å²) in [4.78, 5) is 35.0. The number of piperidine rings is 1. The Hall–Kier alpha value is -3.35. The van der Waals surface area contributed by atoms with Gasteiger partial charge in [0.1, 0.15) is 18.1 Å². The Morgan fingerprint density at radius 1 is 1.03 bits per heavy atom. The normalized spacial score (nSPS) is 18.3. The van der Waals surface area contributed by atoms with E-state index in [1.807, 2.05) is 64.9 Å². The lowest BCUT2D eigenvalue weighted by atomic mass is 10.1. The Morgan fingerprint density at radius 2 is 1.78 bits per heavy atom. The lowest BCUT2D eigenvalue weighted by Crippen LogP contribution is -2.53. The van der Waals surface area contributed by atoms with Crippen LogP contribution in [0.3, 0.4) is 0 Å². The molecule has 0 radical (unpaired) electrons. The number of benzene rings is 2. The number of imidazole rings is 1. The molecule has 5 rings (SSSR count). The molecule has 0 N–H and O–H groups in total. The van der Waals surface area contributed by atoms with Crippen LogP contribution >= 0.6 is 0 Å². The average Bonchev–Trinajstić information content (AvgIpc) is 3.20. The van der Waals surface area contributed by atoms with Crippen LogP contribution in [0.4, 0.5) is 5.69 Å². The van der Waals surface area contributed by atoms with Gasteiger partial charge in [-0.05, 0) is 43.5 Å². The van der Waals surface area contributed by atoms with Crippen molar-refractivity contribution in [2.45, 2.75) is 45.3 Å². The molecule has 0 unspecified atom stereocenters. The van der Waals surface area contributed by atoms with Gasteiger partial charge in [0.15, 0.2) is 6.10 Å². The summed E-state index contributed by atoms with van der Waals surface area (Å²) < 4.78 is 8.06. The molecule has 166 valence electrons. The lowest BCUT2D eigenvalue weighted by Gasteiger charge is -2.37. The number of amides is 2. The van der Waals surface area contributed by atoms with Gasteiger partial charge in [0, 0.05) is 19.5 Å². The standard InChI is InChI=1S/C25H28N4O3/c1-2-23-26-18-10-4-5-11-19(18)28(23)17-24(30)29-16-22(25(31)27-14-8-3-9-15-27)32-21-13-7-6-12-20(21)29/h4-7,10-13,22H,2-3,8-9,14-17H2,1H3/t22-/m1/s1. The third kappa shape index (κ3) is 3.72. The maximum Gasteiger partial charge on any atom is 0.265 e. The molecular weight excluding hydrogens is 404 g/mol. The number of anilines is 1. The number of hydrogen-bond acceptors (Lipinski definition) is 4. The summed E-state index contributed by atoms with van der Waals surface area (Å²) in [7, 11) is 0. The van der Waals surface area contributed by atoms with Crippen molar-refractivity contribution in [1.82, 2.24) is 14.5 Å². The van der Waals surface area contributed by atoms with E-state index in [1.54, 1.807) is 4.90 Å². The SMILES string of the molecule is CCc1nc2ccccc2n1CC(=O)N1C[C@H](C(=O)N2CCCCC2)Oc2ccccc21. The van der Waals surface area contributed by atoms with E-state index in [2.05, 4.69) is 4.98 Å². The number of para-hydroxylation sites is 4. The molecule has 2 aromatic carbocycles. The van der Waals surface area contributed by atoms with Gasteiger partial charge in [0.25, 0.3) is 5.91 Å². The van der Waals surface area contributed by atoms with Crippen molar-refractivity contribution in [3.63, 3.8) is 0 Å². The third-order valence-corrected chi connectivity index (χ3v) is 6.36. The number of carbonyl (C=O) groups is 2. The minimum absolute atomic E-state index is 0.0284. The summed E-state index contributed by atoms with van der Waals surface area (Å²) in [5.74, 6) is 1.35. The summed E-state index contributed by atoms with van der Waals surface area (Å²) >= 11 is 0. The third-order valence-electron chi connectivity index (χ3n) is 6.36. The molecule has 32 heavy (non-hydrogen) atoms. The molecule has 1 saturated heterocycles. The zero-order chi connectivity index (χ0) is 22.1. The van der Waals surface area contributed by atoms with Gasteiger partial charge in [-0.3, -0.25) is 9.59 Å². The minimum atomic E-state index is -0.683. The number of nitrogens with zero attached hydrogens (tertiary/aromatic N) is 4. The van der Waals surface area contributed by atoms with Crippen molar-refractivity contribution in [1.29, 1.82) is 0 Å². The van der Waals surface area contributed by atoms with Crippen molar-refractivity contribution in [2.24, 2.45) is 0 Å². The molecule has 0 spiro atoms. The van der Waals surface area contributed by atoms with Crippen LogP contribution in [0.25, 0.3) is 11.0 Å². The van der Waals surface area contributed by atoms with Crippen LogP contribution in [0.15, 0.2) is 48.5 Å². The molecule has 2 aliphatic rings. The molecule has 1 atom stereocenters. The minimum Gasteiger partial charge on any atom is -0.476 e. The highest BCUT2D eigenvalue weighted by Gasteiger charge is 2.36. The fourth-order valence-corrected chi connectivity index (χ4v) is 4.71. The van der Waals surface area contributed by atoms with Crippen molar-refractivity contribution >= 4 is 28.5 Å². The second-order valence-corrected chi connectivity index (χ2v) is 8.42. The predicted octanol–water partition coefficient (Wildman–Crippen LogP) is 3.41. The molecule has 0 saturated carbocycles. The first kappa shape index (κ1) is 20.5. The highest BCUT2D eigenvalue weighted by molar-refractivity contribution is 5.97. The molecule has 2 amide bonds. The Labute approximate surface area is 187 Å². The van der Waals surface area contributed by atoms with Crippen LogP contribution in [0.1, 0.15) is 32.0 Å². The van der Waals surface area contributed by atoms with E-state index < -0.39 is 6.10 Å². The number of rotatable bonds is 4. The van der Waals surface area contributed by atoms with E-state index in [9.17, 15) is 9.59 Å².